The van der Waals surface area contributed by atoms with Crippen LogP contribution in [0.2, 0.25) is 0 Å². The molecule has 1 fully saturated rings. The molecule has 13 nitrogen and oxygen atoms in total. The fourth-order valence-electron chi connectivity index (χ4n) is 6.31. The molecule has 3 heterocycles. The number of methoxy groups -OCH3 is 2. The second-order valence-corrected chi connectivity index (χ2v) is 10.8. The van der Waals surface area contributed by atoms with Crippen LogP contribution >= 0.6 is 0 Å². The van der Waals surface area contributed by atoms with Gasteiger partial charge in [-0.3, -0.25) is 33.8 Å². The summed E-state index contributed by atoms with van der Waals surface area (Å²) in [5.74, 6) is -5.41. The van der Waals surface area contributed by atoms with Crippen LogP contribution in [0.15, 0.2) is 68.4 Å². The summed E-state index contributed by atoms with van der Waals surface area (Å²) in [5, 5.41) is 23.3. The lowest BCUT2D eigenvalue weighted by atomic mass is 9.70. The molecule has 4 unspecified atom stereocenters. The molecule has 0 aromatic rings. The van der Waals surface area contributed by atoms with Crippen LogP contribution in [0.4, 0.5) is 0 Å². The van der Waals surface area contributed by atoms with Crippen molar-refractivity contribution < 1.29 is 53.2 Å². The minimum absolute atomic E-state index is 0.00725. The third-order valence-electron chi connectivity index (χ3n) is 8.75. The Morgan fingerprint density at radius 3 is 2.07 bits per heavy atom. The summed E-state index contributed by atoms with van der Waals surface area (Å²) < 4.78 is 15.9. The Kier molecular flexibility index (Phi) is 7.03. The number of ketones is 4. The topological polar surface area (TPSA) is 177 Å². The van der Waals surface area contributed by atoms with Crippen molar-refractivity contribution in [2.75, 3.05) is 27.9 Å². The van der Waals surface area contributed by atoms with E-state index in [9.17, 15) is 39.0 Å². The summed E-state index contributed by atoms with van der Waals surface area (Å²) in [5.41, 5.74) is -3.84. The maximum Gasteiger partial charge on any atom is 0.333 e. The van der Waals surface area contributed by atoms with E-state index >= 15 is 0 Å². The number of aliphatic hydroxyl groups is 2. The predicted molar refractivity (Wildman–Crippen MR) is 145 cm³/mol. The number of hydrogen-bond donors (Lipinski definition) is 2. The molecule has 3 aliphatic heterocycles. The summed E-state index contributed by atoms with van der Waals surface area (Å²) in [4.78, 5) is 83.4. The van der Waals surface area contributed by atoms with Gasteiger partial charge >= 0.3 is 5.97 Å². The maximum atomic E-state index is 14.3. The van der Waals surface area contributed by atoms with E-state index in [0.29, 0.717) is 0 Å². The van der Waals surface area contributed by atoms with Crippen LogP contribution in [0.3, 0.4) is 0 Å². The van der Waals surface area contributed by atoms with E-state index in [1.165, 1.54) is 54.2 Å². The van der Waals surface area contributed by atoms with Gasteiger partial charge in [0, 0.05) is 44.7 Å². The second kappa shape index (κ2) is 10.1. The van der Waals surface area contributed by atoms with Gasteiger partial charge < -0.3 is 24.4 Å². The lowest BCUT2D eigenvalue weighted by Gasteiger charge is -2.58. The van der Waals surface area contributed by atoms with Crippen molar-refractivity contribution in [3.05, 3.63) is 68.4 Å². The van der Waals surface area contributed by atoms with Crippen LogP contribution in [0, 0.1) is 0 Å². The van der Waals surface area contributed by atoms with Gasteiger partial charge in [0.25, 0.3) is 5.91 Å². The molecule has 4 atom stereocenters. The predicted octanol–water partition coefficient (Wildman–Crippen LogP) is -0.295. The van der Waals surface area contributed by atoms with Crippen LogP contribution < -0.4 is 0 Å². The summed E-state index contributed by atoms with van der Waals surface area (Å²) >= 11 is 0. The van der Waals surface area contributed by atoms with E-state index in [1.54, 1.807) is 6.92 Å². The highest BCUT2D eigenvalue weighted by atomic mass is 16.5. The molecule has 43 heavy (non-hydrogen) atoms. The largest absolute Gasteiger partial charge is 0.492 e. The van der Waals surface area contributed by atoms with Crippen molar-refractivity contribution in [3.8, 4) is 0 Å². The summed E-state index contributed by atoms with van der Waals surface area (Å²) in [6.45, 7) is 5.20. The van der Waals surface area contributed by atoms with E-state index in [1.807, 2.05) is 0 Å². The summed E-state index contributed by atoms with van der Waals surface area (Å²) in [6, 6.07) is -2.84. The molecule has 226 valence electrons. The van der Waals surface area contributed by atoms with Crippen molar-refractivity contribution >= 4 is 35.0 Å². The number of rotatable bonds is 5. The van der Waals surface area contributed by atoms with E-state index in [4.69, 9.17) is 14.2 Å². The quantitative estimate of drug-likeness (QED) is 0.242. The Bertz CT molecular complexity index is 1650. The first-order chi connectivity index (χ1) is 20.2. The van der Waals surface area contributed by atoms with Gasteiger partial charge in [-0.2, -0.15) is 0 Å². The number of Topliss-reactive ketones (excluding diaryl/α,β-unsaturated/α-hetero) is 4. The molecule has 0 spiro atoms. The van der Waals surface area contributed by atoms with Gasteiger partial charge in [-0.1, -0.05) is 6.08 Å². The zero-order chi connectivity index (χ0) is 31.9. The van der Waals surface area contributed by atoms with E-state index < -0.39 is 71.1 Å². The average Bonchev–Trinajstić information content (AvgIpc) is 2.98. The molecule has 1 amide bonds. The monoisotopic (exact) mass is 594 g/mol. The Labute approximate surface area is 246 Å². The molecule has 0 radical (unpaired) electrons. The van der Waals surface area contributed by atoms with Gasteiger partial charge in [0.2, 0.25) is 17.3 Å². The number of carbonyl (C=O) groups is 6. The molecule has 5 rings (SSSR count). The number of nitrogens with zero attached hydrogens (tertiary/aromatic N) is 2. The lowest BCUT2D eigenvalue weighted by molar-refractivity contribution is -0.212. The molecule has 5 aliphatic rings. The van der Waals surface area contributed by atoms with Crippen LogP contribution in [0.1, 0.15) is 27.7 Å². The fourth-order valence-corrected chi connectivity index (χ4v) is 6.31. The Morgan fingerprint density at radius 2 is 1.51 bits per heavy atom. The first kappa shape index (κ1) is 30.0. The third-order valence-corrected chi connectivity index (χ3v) is 8.75. The molecular formula is C30H30N2O11. The second-order valence-electron chi connectivity index (χ2n) is 10.8. The highest BCUT2D eigenvalue weighted by molar-refractivity contribution is 6.28. The van der Waals surface area contributed by atoms with Crippen molar-refractivity contribution in [1.29, 1.82) is 0 Å². The van der Waals surface area contributed by atoms with Gasteiger partial charge in [0.1, 0.15) is 18.8 Å². The van der Waals surface area contributed by atoms with Gasteiger partial charge in [-0.25, -0.2) is 4.79 Å². The molecule has 2 aliphatic carbocycles. The highest BCUT2D eigenvalue weighted by Gasteiger charge is 2.67. The zero-order valence-corrected chi connectivity index (χ0v) is 24.6. The number of piperazine rings is 1. The number of likely N-dealkylation sites (N-methyl/N-ethyl adjacent to an activating group) is 1. The Hall–Kier alpha value is -4.46. The number of hydrogen-bond acceptors (Lipinski definition) is 12. The van der Waals surface area contributed by atoms with Gasteiger partial charge in [-0.05, 0) is 40.8 Å². The molecule has 13 heteroatoms. The van der Waals surface area contributed by atoms with Crippen LogP contribution in [0.25, 0.3) is 0 Å². The van der Waals surface area contributed by atoms with Crippen molar-refractivity contribution in [1.82, 2.24) is 9.80 Å². The van der Waals surface area contributed by atoms with Gasteiger partial charge in [-0.15, -0.1) is 0 Å². The minimum atomic E-state index is -2.79. The zero-order valence-electron chi connectivity index (χ0n) is 24.6. The van der Waals surface area contributed by atoms with E-state index in [2.05, 4.69) is 0 Å². The first-order valence-electron chi connectivity index (χ1n) is 13.4. The normalized spacial score (nSPS) is 29.6. The number of fused-ring (bicyclic) bond motifs is 5. The smallest absolute Gasteiger partial charge is 0.333 e. The number of amides is 1. The fraction of sp³-hybridized carbons (Fsp3) is 0.400. The molecule has 2 bridgehead atoms. The van der Waals surface area contributed by atoms with Crippen LogP contribution in [-0.4, -0.2) is 107 Å². The summed E-state index contributed by atoms with van der Waals surface area (Å²) in [6.07, 6.45) is 0.556. The Morgan fingerprint density at radius 1 is 0.953 bits per heavy atom. The molecule has 0 aromatic heterocycles. The van der Waals surface area contributed by atoms with Crippen LogP contribution in [0.5, 0.6) is 0 Å². The number of aliphatic hydroxyl groups excluding tert-OH is 1. The van der Waals surface area contributed by atoms with E-state index in [-0.39, 0.29) is 50.7 Å². The summed E-state index contributed by atoms with van der Waals surface area (Å²) in [7, 11) is 3.69. The third kappa shape index (κ3) is 3.74. The van der Waals surface area contributed by atoms with E-state index in [0.717, 1.165) is 9.80 Å². The number of ether oxygens (including phenoxy) is 3. The number of esters is 1. The van der Waals surface area contributed by atoms with Gasteiger partial charge in [0.05, 0.1) is 20.3 Å². The van der Waals surface area contributed by atoms with Crippen molar-refractivity contribution in [3.63, 3.8) is 0 Å². The standard InChI is InChI=1S/C30H30N2O11/c1-8-11(2)28(38)43-10-16-17-14(21(33)12(3)25(41-6)23(17)35)9-15-20-18-19(22(34)13(4)26(42-7)24(18)36)27(37)30(40,31(20)5)29(39)32(15)16/h8-9,16,20,27,37,40H,10H2,1-7H3. The van der Waals surface area contributed by atoms with Gasteiger partial charge in [0.15, 0.2) is 23.1 Å². The SMILES string of the molecule is CC=C(C)C(=O)OCC1C2=C(C=C3C4C5=C(C(=O)C(C)=C(OC)C5=O)C(O)C(O)(C(=O)N31)N4C)C(=O)C(C)=C(OC)C2=O. The molecule has 2 N–H and O–H groups in total. The first-order valence-corrected chi connectivity index (χ1v) is 13.4. The molecule has 0 saturated carbocycles. The lowest BCUT2D eigenvalue weighted by Crippen LogP contribution is -2.77. The minimum Gasteiger partial charge on any atom is -0.492 e. The average molecular weight is 595 g/mol. The van der Waals surface area contributed by atoms with Crippen molar-refractivity contribution in [2.45, 2.75) is 51.6 Å². The van der Waals surface area contributed by atoms with Crippen LogP contribution in [-0.2, 0) is 43.0 Å². The molecule has 1 saturated heterocycles. The number of carbonyl (C=O) groups excluding carboxylic acids is 6. The highest BCUT2D eigenvalue weighted by Crippen LogP contribution is 2.50. The number of allylic oxidation sites excluding steroid dienone is 7. The molecular weight excluding hydrogens is 564 g/mol. The maximum absolute atomic E-state index is 14.3. The van der Waals surface area contributed by atoms with Crippen molar-refractivity contribution in [2.24, 2.45) is 0 Å². The Balaban J connectivity index is 1.79. The molecule has 0 aromatic carbocycles.